The number of carbonyl (C=O) groups is 1. The molecular formula is C26H28N4O. The summed E-state index contributed by atoms with van der Waals surface area (Å²) < 4.78 is 0. The number of hydrogen-bond acceptors (Lipinski definition) is 4. The van der Waals surface area contributed by atoms with E-state index >= 15 is 0 Å². The molecule has 31 heavy (non-hydrogen) atoms. The third kappa shape index (κ3) is 5.64. The zero-order chi connectivity index (χ0) is 21.5. The summed E-state index contributed by atoms with van der Waals surface area (Å²) in [6, 6.07) is 20.5. The van der Waals surface area contributed by atoms with E-state index in [0.29, 0.717) is 12.0 Å². The van der Waals surface area contributed by atoms with Crippen molar-refractivity contribution in [2.24, 2.45) is 0 Å². The molecule has 0 radical (unpaired) electrons. The number of aromatic nitrogens is 2. The second-order valence-corrected chi connectivity index (χ2v) is 7.85. The van der Waals surface area contributed by atoms with Gasteiger partial charge in [0.15, 0.2) is 0 Å². The molecule has 0 N–H and O–H groups in total. The van der Waals surface area contributed by atoms with Gasteiger partial charge in [-0.1, -0.05) is 72.8 Å². The van der Waals surface area contributed by atoms with Crippen LogP contribution < -0.4 is 0 Å². The number of carbonyl (C=O) groups excluding carboxylic acids is 1. The van der Waals surface area contributed by atoms with Crippen molar-refractivity contribution in [2.75, 3.05) is 32.7 Å². The summed E-state index contributed by atoms with van der Waals surface area (Å²) in [6.07, 6.45) is 6.70. The predicted molar refractivity (Wildman–Crippen MR) is 124 cm³/mol. The van der Waals surface area contributed by atoms with Crippen molar-refractivity contribution in [2.45, 2.75) is 13.3 Å². The van der Waals surface area contributed by atoms with Crippen LogP contribution in [0.3, 0.4) is 0 Å². The van der Waals surface area contributed by atoms with Crippen LogP contribution in [0.15, 0.2) is 72.9 Å². The Morgan fingerprint density at radius 3 is 2.32 bits per heavy atom. The SMILES string of the molecule is Cc1nc(Cc2ccccc2)ncc1C(=O)N1CCN(C/C=C/c2ccccc2)CC1. The fourth-order valence-electron chi connectivity index (χ4n) is 3.79. The average molecular weight is 413 g/mol. The summed E-state index contributed by atoms with van der Waals surface area (Å²) in [5.74, 6) is 0.776. The molecule has 5 heteroatoms. The molecule has 0 unspecified atom stereocenters. The molecule has 5 nitrogen and oxygen atoms in total. The number of nitrogens with zero attached hydrogens (tertiary/aromatic N) is 4. The van der Waals surface area contributed by atoms with Gasteiger partial charge in [0.05, 0.1) is 11.3 Å². The van der Waals surface area contributed by atoms with Crippen LogP contribution in [0, 0.1) is 6.92 Å². The van der Waals surface area contributed by atoms with Crippen molar-refractivity contribution in [3.8, 4) is 0 Å². The quantitative estimate of drug-likeness (QED) is 0.617. The van der Waals surface area contributed by atoms with Crippen LogP contribution in [-0.2, 0) is 6.42 Å². The van der Waals surface area contributed by atoms with Crippen LogP contribution in [-0.4, -0.2) is 58.4 Å². The normalized spacial score (nSPS) is 14.8. The summed E-state index contributed by atoms with van der Waals surface area (Å²) >= 11 is 0. The molecule has 3 aromatic rings. The molecule has 1 saturated heterocycles. The van der Waals surface area contributed by atoms with E-state index < -0.39 is 0 Å². The van der Waals surface area contributed by atoms with Crippen LogP contribution >= 0.6 is 0 Å². The molecule has 1 aliphatic rings. The van der Waals surface area contributed by atoms with Crippen LogP contribution in [0.2, 0.25) is 0 Å². The lowest BCUT2D eigenvalue weighted by Gasteiger charge is -2.34. The Morgan fingerprint density at radius 2 is 1.65 bits per heavy atom. The number of benzene rings is 2. The highest BCUT2D eigenvalue weighted by Gasteiger charge is 2.23. The van der Waals surface area contributed by atoms with Gasteiger partial charge in [-0.05, 0) is 18.1 Å². The van der Waals surface area contributed by atoms with Gasteiger partial charge in [-0.3, -0.25) is 9.69 Å². The number of piperazine rings is 1. The first-order valence-electron chi connectivity index (χ1n) is 10.8. The smallest absolute Gasteiger partial charge is 0.257 e. The van der Waals surface area contributed by atoms with Crippen molar-refractivity contribution < 1.29 is 4.79 Å². The van der Waals surface area contributed by atoms with Crippen LogP contribution in [0.1, 0.15) is 33.0 Å². The maximum absolute atomic E-state index is 13.0. The van der Waals surface area contributed by atoms with Crippen molar-refractivity contribution in [3.63, 3.8) is 0 Å². The molecule has 2 heterocycles. The first kappa shape index (κ1) is 20.9. The van der Waals surface area contributed by atoms with Crippen molar-refractivity contribution in [1.29, 1.82) is 0 Å². The molecule has 0 aliphatic carbocycles. The van der Waals surface area contributed by atoms with Gasteiger partial charge in [-0.2, -0.15) is 0 Å². The minimum Gasteiger partial charge on any atom is -0.336 e. The Labute approximate surface area is 184 Å². The molecule has 1 aromatic heterocycles. The van der Waals surface area contributed by atoms with Gasteiger partial charge in [-0.15, -0.1) is 0 Å². The van der Waals surface area contributed by atoms with Gasteiger partial charge in [0.2, 0.25) is 0 Å². The third-order valence-corrected chi connectivity index (χ3v) is 5.60. The summed E-state index contributed by atoms with van der Waals surface area (Å²) in [4.78, 5) is 26.3. The van der Waals surface area contributed by atoms with Gasteiger partial charge in [0.1, 0.15) is 5.82 Å². The fourth-order valence-corrected chi connectivity index (χ4v) is 3.79. The maximum Gasteiger partial charge on any atom is 0.257 e. The summed E-state index contributed by atoms with van der Waals surface area (Å²) in [5.41, 5.74) is 3.73. The molecule has 4 rings (SSSR count). The first-order valence-corrected chi connectivity index (χ1v) is 10.8. The van der Waals surface area contributed by atoms with Crippen LogP contribution in [0.25, 0.3) is 6.08 Å². The number of hydrogen-bond donors (Lipinski definition) is 0. The lowest BCUT2D eigenvalue weighted by Crippen LogP contribution is -2.48. The Morgan fingerprint density at radius 1 is 0.968 bits per heavy atom. The maximum atomic E-state index is 13.0. The van der Waals surface area contributed by atoms with Gasteiger partial charge in [-0.25, -0.2) is 9.97 Å². The van der Waals surface area contributed by atoms with E-state index in [1.165, 1.54) is 11.1 Å². The van der Waals surface area contributed by atoms with Gasteiger partial charge < -0.3 is 4.90 Å². The number of aryl methyl sites for hydroxylation is 1. The van der Waals surface area contributed by atoms with Crippen LogP contribution in [0.5, 0.6) is 0 Å². The average Bonchev–Trinajstić information content (AvgIpc) is 2.81. The monoisotopic (exact) mass is 412 g/mol. The van der Waals surface area contributed by atoms with E-state index in [-0.39, 0.29) is 5.91 Å². The van der Waals surface area contributed by atoms with Gasteiger partial charge in [0.25, 0.3) is 5.91 Å². The highest BCUT2D eigenvalue weighted by molar-refractivity contribution is 5.95. The third-order valence-electron chi connectivity index (χ3n) is 5.60. The van der Waals surface area contributed by atoms with E-state index in [9.17, 15) is 4.79 Å². The summed E-state index contributed by atoms with van der Waals surface area (Å²) in [5, 5.41) is 0. The first-order chi connectivity index (χ1) is 15.2. The Bertz CT molecular complexity index is 1030. The topological polar surface area (TPSA) is 49.3 Å². The summed E-state index contributed by atoms with van der Waals surface area (Å²) in [6.45, 7) is 5.99. The van der Waals surface area contributed by atoms with E-state index in [2.05, 4.69) is 51.3 Å². The van der Waals surface area contributed by atoms with Crippen molar-refractivity contribution in [1.82, 2.24) is 19.8 Å². The lowest BCUT2D eigenvalue weighted by atomic mass is 10.1. The Kier molecular flexibility index (Phi) is 6.85. The molecule has 0 bridgehead atoms. The standard InChI is InChI=1S/C26H28N4O/c1-21-24(20-27-25(28-21)19-23-11-6-3-7-12-23)26(31)30-17-15-29(16-18-30)14-8-13-22-9-4-2-5-10-22/h2-13,20H,14-19H2,1H3/b13-8+. The highest BCUT2D eigenvalue weighted by atomic mass is 16.2. The Balaban J connectivity index is 1.30. The predicted octanol–water partition coefficient (Wildman–Crippen LogP) is 3.85. The second-order valence-electron chi connectivity index (χ2n) is 7.85. The molecule has 0 saturated carbocycles. The lowest BCUT2D eigenvalue weighted by molar-refractivity contribution is 0.0648. The zero-order valence-corrected chi connectivity index (χ0v) is 17.9. The van der Waals surface area contributed by atoms with Crippen molar-refractivity contribution >= 4 is 12.0 Å². The molecule has 158 valence electrons. The molecule has 1 fully saturated rings. The summed E-state index contributed by atoms with van der Waals surface area (Å²) in [7, 11) is 0. The number of rotatable bonds is 6. The minimum absolute atomic E-state index is 0.0308. The van der Waals surface area contributed by atoms with Crippen molar-refractivity contribution in [3.05, 3.63) is 101 Å². The highest BCUT2D eigenvalue weighted by Crippen LogP contribution is 2.13. The van der Waals surface area contributed by atoms with E-state index in [0.717, 1.165) is 44.2 Å². The van der Waals surface area contributed by atoms with Gasteiger partial charge >= 0.3 is 0 Å². The van der Waals surface area contributed by atoms with E-state index in [1.807, 2.05) is 48.2 Å². The minimum atomic E-state index is 0.0308. The van der Waals surface area contributed by atoms with E-state index in [1.54, 1.807) is 6.20 Å². The van der Waals surface area contributed by atoms with Crippen LogP contribution in [0.4, 0.5) is 0 Å². The molecule has 0 spiro atoms. The molecule has 1 amide bonds. The molecule has 1 aliphatic heterocycles. The largest absolute Gasteiger partial charge is 0.336 e. The zero-order valence-electron chi connectivity index (χ0n) is 17.9. The molecule has 2 aromatic carbocycles. The fraction of sp³-hybridized carbons (Fsp3) is 0.269. The number of amides is 1. The second kappa shape index (κ2) is 10.1. The Hall–Kier alpha value is -3.31. The van der Waals surface area contributed by atoms with Gasteiger partial charge in [0, 0.05) is 45.3 Å². The molecular weight excluding hydrogens is 384 g/mol. The molecule has 0 atom stereocenters. The van der Waals surface area contributed by atoms with E-state index in [4.69, 9.17) is 0 Å².